The van der Waals surface area contributed by atoms with Crippen LogP contribution in [0.25, 0.3) is 0 Å². The van der Waals surface area contributed by atoms with E-state index in [0.29, 0.717) is 22.1 Å². The van der Waals surface area contributed by atoms with Crippen molar-refractivity contribution in [2.45, 2.75) is 13.5 Å². The summed E-state index contributed by atoms with van der Waals surface area (Å²) in [6.45, 7) is 1.95. The Morgan fingerprint density at radius 3 is 2.48 bits per heavy atom. The van der Waals surface area contributed by atoms with Gasteiger partial charge in [-0.05, 0) is 24.6 Å². The van der Waals surface area contributed by atoms with Gasteiger partial charge in [0.2, 0.25) is 0 Å². The Morgan fingerprint density at radius 1 is 1.26 bits per heavy atom. The van der Waals surface area contributed by atoms with Crippen LogP contribution in [0, 0.1) is 6.92 Å². The number of carboxylic acids is 1. The molecular formula is C15H16N2O5S. The first-order chi connectivity index (χ1) is 11.0. The zero-order valence-corrected chi connectivity index (χ0v) is 13.7. The van der Waals surface area contributed by atoms with E-state index in [9.17, 15) is 9.59 Å². The highest BCUT2D eigenvalue weighted by molar-refractivity contribution is 7.09. The third-order valence-electron chi connectivity index (χ3n) is 3.15. The minimum atomic E-state index is -1.09. The molecule has 23 heavy (non-hydrogen) atoms. The molecule has 1 heterocycles. The van der Waals surface area contributed by atoms with E-state index in [-0.39, 0.29) is 18.1 Å². The Labute approximate surface area is 136 Å². The number of aromatic carboxylic acids is 1. The molecule has 0 spiro atoms. The van der Waals surface area contributed by atoms with Gasteiger partial charge in [-0.1, -0.05) is 0 Å². The van der Waals surface area contributed by atoms with E-state index in [1.165, 1.54) is 30.9 Å². The number of carbonyl (C=O) groups is 2. The molecule has 2 N–H and O–H groups in total. The monoisotopic (exact) mass is 336 g/mol. The molecule has 0 bridgehead atoms. The maximum Gasteiger partial charge on any atom is 0.355 e. The molecule has 0 atom stereocenters. The lowest BCUT2D eigenvalue weighted by Gasteiger charge is -2.12. The summed E-state index contributed by atoms with van der Waals surface area (Å²) >= 11 is 1.18. The minimum Gasteiger partial charge on any atom is -0.493 e. The van der Waals surface area contributed by atoms with Gasteiger partial charge >= 0.3 is 5.97 Å². The molecule has 7 nitrogen and oxygen atoms in total. The number of thiazole rings is 1. The maximum atomic E-state index is 12.3. The van der Waals surface area contributed by atoms with E-state index in [0.717, 1.165) is 5.56 Å². The number of nitrogens with one attached hydrogen (secondary N) is 1. The van der Waals surface area contributed by atoms with Gasteiger partial charge in [-0.3, -0.25) is 4.79 Å². The number of aryl methyl sites for hydroxylation is 1. The third kappa shape index (κ3) is 3.78. The second-order valence-corrected chi connectivity index (χ2v) is 5.58. The topological polar surface area (TPSA) is 97.8 Å². The van der Waals surface area contributed by atoms with Gasteiger partial charge in [0.05, 0.1) is 20.8 Å². The number of carboxylic acid groups (broad SMARTS) is 1. The summed E-state index contributed by atoms with van der Waals surface area (Å²) in [6, 6.07) is 3.33. The van der Waals surface area contributed by atoms with Gasteiger partial charge in [0.25, 0.3) is 5.91 Å². The molecule has 0 unspecified atom stereocenters. The Kier molecular flexibility index (Phi) is 5.17. The molecule has 8 heteroatoms. The Bertz CT molecular complexity index is 741. The summed E-state index contributed by atoms with van der Waals surface area (Å²) in [7, 11) is 3.03. The number of amides is 1. The number of hydrogen-bond acceptors (Lipinski definition) is 6. The molecule has 0 saturated heterocycles. The van der Waals surface area contributed by atoms with Crippen LogP contribution in [0.15, 0.2) is 17.5 Å². The molecule has 1 amide bonds. The predicted octanol–water partition coefficient (Wildman–Crippen LogP) is 2.10. The van der Waals surface area contributed by atoms with Gasteiger partial charge in [0, 0.05) is 10.9 Å². The van der Waals surface area contributed by atoms with Crippen LogP contribution in [-0.4, -0.2) is 36.2 Å². The largest absolute Gasteiger partial charge is 0.493 e. The number of ether oxygens (including phenoxy) is 2. The highest BCUT2D eigenvalue weighted by Crippen LogP contribution is 2.30. The second-order valence-electron chi connectivity index (χ2n) is 4.64. The Morgan fingerprint density at radius 2 is 1.91 bits per heavy atom. The first-order valence-electron chi connectivity index (χ1n) is 6.64. The van der Waals surface area contributed by atoms with Crippen molar-refractivity contribution < 1.29 is 24.2 Å². The molecule has 0 fully saturated rings. The van der Waals surface area contributed by atoms with E-state index in [1.807, 2.05) is 0 Å². The van der Waals surface area contributed by atoms with Crippen LogP contribution in [0.3, 0.4) is 0 Å². The number of methoxy groups -OCH3 is 2. The first-order valence-corrected chi connectivity index (χ1v) is 7.52. The Hall–Kier alpha value is -2.61. The molecule has 0 aliphatic carbocycles. The highest BCUT2D eigenvalue weighted by atomic mass is 32.1. The summed E-state index contributed by atoms with van der Waals surface area (Å²) in [5, 5.41) is 13.5. The number of carbonyl (C=O) groups excluding carboxylic acids is 1. The van der Waals surface area contributed by atoms with E-state index < -0.39 is 5.97 Å². The molecule has 0 aliphatic rings. The molecule has 2 aromatic rings. The Balaban J connectivity index is 2.12. The van der Waals surface area contributed by atoms with Crippen molar-refractivity contribution in [2.75, 3.05) is 14.2 Å². The standard InChI is InChI=1S/C15H16N2O5S/c1-8-4-11(21-2)12(22-3)5-9(8)14(18)16-6-13-17-10(7-23-13)15(19)20/h4-5,7H,6H2,1-3H3,(H,16,18)(H,19,20). The number of benzene rings is 1. The molecular weight excluding hydrogens is 320 g/mol. The minimum absolute atomic E-state index is 0.0263. The summed E-state index contributed by atoms with van der Waals surface area (Å²) in [6.07, 6.45) is 0. The highest BCUT2D eigenvalue weighted by Gasteiger charge is 2.15. The lowest BCUT2D eigenvalue weighted by atomic mass is 10.1. The molecule has 1 aromatic carbocycles. The van der Waals surface area contributed by atoms with Gasteiger partial charge in [0.15, 0.2) is 17.2 Å². The van der Waals surface area contributed by atoms with Crippen LogP contribution in [0.2, 0.25) is 0 Å². The van der Waals surface area contributed by atoms with Crippen molar-refractivity contribution in [1.29, 1.82) is 0 Å². The van der Waals surface area contributed by atoms with E-state index >= 15 is 0 Å². The third-order valence-corrected chi connectivity index (χ3v) is 4.00. The van der Waals surface area contributed by atoms with Gasteiger partial charge < -0.3 is 19.9 Å². The van der Waals surface area contributed by atoms with Crippen LogP contribution in [0.5, 0.6) is 11.5 Å². The average Bonchev–Trinajstić information content (AvgIpc) is 3.01. The smallest absolute Gasteiger partial charge is 0.355 e. The summed E-state index contributed by atoms with van der Waals surface area (Å²) in [4.78, 5) is 27.0. The van der Waals surface area contributed by atoms with Crippen LogP contribution < -0.4 is 14.8 Å². The SMILES string of the molecule is COc1cc(C)c(C(=O)NCc2nc(C(=O)O)cs2)cc1OC. The summed E-state index contributed by atoms with van der Waals surface area (Å²) < 4.78 is 10.4. The van der Waals surface area contributed by atoms with E-state index in [4.69, 9.17) is 14.6 Å². The summed E-state index contributed by atoms with van der Waals surface area (Å²) in [5.74, 6) is -0.372. The van der Waals surface area contributed by atoms with Crippen molar-refractivity contribution >= 4 is 23.2 Å². The van der Waals surface area contributed by atoms with Crippen LogP contribution in [0.1, 0.15) is 31.4 Å². The maximum absolute atomic E-state index is 12.3. The van der Waals surface area contributed by atoms with Gasteiger partial charge in [-0.2, -0.15) is 0 Å². The average molecular weight is 336 g/mol. The van der Waals surface area contributed by atoms with Gasteiger partial charge in [-0.25, -0.2) is 9.78 Å². The van der Waals surface area contributed by atoms with Crippen LogP contribution >= 0.6 is 11.3 Å². The predicted molar refractivity (Wildman–Crippen MR) is 84.5 cm³/mol. The quantitative estimate of drug-likeness (QED) is 0.838. The fourth-order valence-corrected chi connectivity index (χ4v) is 2.67. The molecule has 0 radical (unpaired) electrons. The number of hydrogen-bond donors (Lipinski definition) is 2. The first kappa shape index (κ1) is 16.8. The number of aromatic nitrogens is 1. The lowest BCUT2D eigenvalue weighted by molar-refractivity contribution is 0.0691. The molecule has 2 rings (SSSR count). The van der Waals surface area contributed by atoms with E-state index in [1.54, 1.807) is 19.1 Å². The zero-order chi connectivity index (χ0) is 17.0. The van der Waals surface area contributed by atoms with Crippen LogP contribution in [0.4, 0.5) is 0 Å². The van der Waals surface area contributed by atoms with Gasteiger partial charge in [-0.15, -0.1) is 11.3 Å². The summed E-state index contributed by atoms with van der Waals surface area (Å²) in [5.41, 5.74) is 1.17. The van der Waals surface area contributed by atoms with Crippen molar-refractivity contribution in [2.24, 2.45) is 0 Å². The number of rotatable bonds is 6. The molecule has 122 valence electrons. The fraction of sp³-hybridized carbons (Fsp3) is 0.267. The van der Waals surface area contributed by atoms with Crippen molar-refractivity contribution in [1.82, 2.24) is 10.3 Å². The van der Waals surface area contributed by atoms with Crippen LogP contribution in [-0.2, 0) is 6.54 Å². The molecule has 0 saturated carbocycles. The second kappa shape index (κ2) is 7.10. The zero-order valence-electron chi connectivity index (χ0n) is 12.9. The fourth-order valence-electron chi connectivity index (χ4n) is 1.97. The van der Waals surface area contributed by atoms with E-state index in [2.05, 4.69) is 10.3 Å². The van der Waals surface area contributed by atoms with Crippen molar-refractivity contribution in [3.63, 3.8) is 0 Å². The lowest BCUT2D eigenvalue weighted by Crippen LogP contribution is -2.23. The molecule has 1 aromatic heterocycles. The molecule has 0 aliphatic heterocycles. The normalized spacial score (nSPS) is 10.2. The van der Waals surface area contributed by atoms with Crippen molar-refractivity contribution in [3.8, 4) is 11.5 Å². The van der Waals surface area contributed by atoms with Crippen molar-refractivity contribution in [3.05, 3.63) is 39.3 Å². The number of nitrogens with zero attached hydrogens (tertiary/aromatic N) is 1. The van der Waals surface area contributed by atoms with Gasteiger partial charge in [0.1, 0.15) is 5.01 Å².